The van der Waals surface area contributed by atoms with Crippen molar-refractivity contribution in [1.29, 1.82) is 5.26 Å². The maximum atomic E-state index is 12.1. The summed E-state index contributed by atoms with van der Waals surface area (Å²) in [5.74, 6) is -0.151. The van der Waals surface area contributed by atoms with Crippen molar-refractivity contribution in [3.8, 4) is 6.07 Å². The van der Waals surface area contributed by atoms with Crippen molar-refractivity contribution in [3.05, 3.63) is 10.4 Å². The molecule has 0 bridgehead atoms. The molecule has 0 radical (unpaired) electrons. The number of nitrogens with zero attached hydrogens (tertiary/aromatic N) is 3. The lowest BCUT2D eigenvalue weighted by molar-refractivity contribution is 0.0833. The van der Waals surface area contributed by atoms with Crippen molar-refractivity contribution in [2.24, 2.45) is 0 Å². The second-order valence-corrected chi connectivity index (χ2v) is 5.77. The Bertz CT molecular complexity index is 516. The molecule has 0 aliphatic rings. The van der Waals surface area contributed by atoms with E-state index in [0.29, 0.717) is 16.1 Å². The van der Waals surface area contributed by atoms with Crippen LogP contribution >= 0.6 is 11.3 Å². The molecule has 5 nitrogen and oxygen atoms in total. The Morgan fingerprint density at radius 3 is 2.50 bits per heavy atom. The summed E-state index contributed by atoms with van der Waals surface area (Å²) in [7, 11) is 3.36. The third-order valence-corrected chi connectivity index (χ3v) is 4.34. The zero-order chi connectivity index (χ0) is 15.3. The van der Waals surface area contributed by atoms with Gasteiger partial charge in [-0.05, 0) is 13.3 Å². The molecule has 0 aliphatic carbocycles. The minimum Gasteiger partial charge on any atom is -0.396 e. The predicted molar refractivity (Wildman–Crippen MR) is 84.3 cm³/mol. The minimum atomic E-state index is -0.151. The van der Waals surface area contributed by atoms with Gasteiger partial charge in [0, 0.05) is 27.2 Å². The van der Waals surface area contributed by atoms with Gasteiger partial charge in [-0.25, -0.2) is 0 Å². The third kappa shape index (κ3) is 3.23. The Morgan fingerprint density at radius 2 is 2.05 bits per heavy atom. The number of nitrogens with two attached hydrogens (primary N) is 1. The van der Waals surface area contributed by atoms with Gasteiger partial charge in [-0.1, -0.05) is 13.3 Å². The van der Waals surface area contributed by atoms with Gasteiger partial charge in [0.05, 0.1) is 5.69 Å². The van der Waals surface area contributed by atoms with E-state index in [1.807, 2.05) is 6.92 Å². The van der Waals surface area contributed by atoms with Crippen molar-refractivity contribution >= 4 is 27.9 Å². The zero-order valence-corrected chi connectivity index (χ0v) is 13.4. The third-order valence-electron chi connectivity index (χ3n) is 3.09. The molecule has 0 atom stereocenters. The van der Waals surface area contributed by atoms with Gasteiger partial charge >= 0.3 is 0 Å². The van der Waals surface area contributed by atoms with Crippen LogP contribution in [0.1, 0.15) is 41.9 Å². The van der Waals surface area contributed by atoms with Crippen molar-refractivity contribution in [3.63, 3.8) is 0 Å². The van der Waals surface area contributed by atoms with Crippen LogP contribution in [0.2, 0.25) is 0 Å². The van der Waals surface area contributed by atoms with Gasteiger partial charge < -0.3 is 15.5 Å². The molecule has 110 valence electrons. The number of carbonyl (C=O) groups excluding carboxylic acids is 1. The molecule has 0 fully saturated rings. The molecule has 0 spiro atoms. The molecule has 0 aromatic carbocycles. The normalized spacial score (nSPS) is 10.2. The number of nitriles is 1. The molecular weight excluding hydrogens is 272 g/mol. The van der Waals surface area contributed by atoms with Gasteiger partial charge in [-0.15, -0.1) is 11.3 Å². The molecule has 0 saturated heterocycles. The Labute approximate surface area is 124 Å². The topological polar surface area (TPSA) is 73.4 Å². The SMILES string of the molecule is CCCCN(CC)c1sc(C(=O)N(C)C)c(N)c1C#N. The fourth-order valence-corrected chi connectivity index (χ4v) is 3.16. The quantitative estimate of drug-likeness (QED) is 0.875. The molecular formula is C14H22N4OS. The lowest BCUT2D eigenvalue weighted by Crippen LogP contribution is -2.23. The largest absolute Gasteiger partial charge is 0.396 e. The molecule has 0 unspecified atom stereocenters. The van der Waals surface area contributed by atoms with Gasteiger partial charge in [0.25, 0.3) is 5.91 Å². The van der Waals surface area contributed by atoms with Crippen LogP contribution in [-0.4, -0.2) is 38.0 Å². The number of hydrogen-bond acceptors (Lipinski definition) is 5. The van der Waals surface area contributed by atoms with E-state index in [1.54, 1.807) is 14.1 Å². The summed E-state index contributed by atoms with van der Waals surface area (Å²) >= 11 is 1.32. The first-order chi connectivity index (χ1) is 9.47. The summed E-state index contributed by atoms with van der Waals surface area (Å²) in [6, 6.07) is 2.14. The number of hydrogen-bond donors (Lipinski definition) is 1. The number of rotatable bonds is 6. The van der Waals surface area contributed by atoms with Crippen LogP contribution in [-0.2, 0) is 0 Å². The maximum Gasteiger partial charge on any atom is 0.265 e. The van der Waals surface area contributed by atoms with Gasteiger partial charge in [0.15, 0.2) is 0 Å². The first-order valence-corrected chi connectivity index (χ1v) is 7.58. The number of amides is 1. The molecule has 6 heteroatoms. The van der Waals surface area contributed by atoms with E-state index >= 15 is 0 Å². The van der Waals surface area contributed by atoms with Crippen LogP contribution in [0.25, 0.3) is 0 Å². The number of nitrogen functional groups attached to an aromatic ring is 1. The highest BCUT2D eigenvalue weighted by molar-refractivity contribution is 7.19. The lowest BCUT2D eigenvalue weighted by atomic mass is 10.2. The van der Waals surface area contributed by atoms with Gasteiger partial charge in [-0.2, -0.15) is 5.26 Å². The average Bonchev–Trinajstić information content (AvgIpc) is 2.75. The highest BCUT2D eigenvalue weighted by Crippen LogP contribution is 2.38. The molecule has 1 rings (SSSR count). The number of unbranched alkanes of at least 4 members (excludes halogenated alkanes) is 1. The Balaban J connectivity index is 3.23. The van der Waals surface area contributed by atoms with E-state index in [2.05, 4.69) is 17.9 Å². The summed E-state index contributed by atoms with van der Waals surface area (Å²) < 4.78 is 0. The van der Waals surface area contributed by atoms with Crippen LogP contribution in [0.5, 0.6) is 0 Å². The fourth-order valence-electron chi connectivity index (χ4n) is 1.88. The Hall–Kier alpha value is -1.74. The fraction of sp³-hybridized carbons (Fsp3) is 0.571. The van der Waals surface area contributed by atoms with Crippen LogP contribution in [0.4, 0.5) is 10.7 Å². The van der Waals surface area contributed by atoms with Gasteiger partial charge in [0.1, 0.15) is 21.5 Å². The summed E-state index contributed by atoms with van der Waals surface area (Å²) in [5, 5.41) is 10.1. The van der Waals surface area contributed by atoms with Gasteiger partial charge in [0.2, 0.25) is 0 Å². The Kier molecular flexibility index (Phi) is 5.83. The highest BCUT2D eigenvalue weighted by atomic mass is 32.1. The van der Waals surface area contributed by atoms with Crippen LogP contribution in [0, 0.1) is 11.3 Å². The highest BCUT2D eigenvalue weighted by Gasteiger charge is 2.24. The first kappa shape index (κ1) is 16.3. The molecule has 1 aromatic rings. The zero-order valence-electron chi connectivity index (χ0n) is 12.6. The summed E-state index contributed by atoms with van der Waals surface area (Å²) in [6.45, 7) is 5.84. The van der Waals surface area contributed by atoms with Crippen molar-refractivity contribution in [2.75, 3.05) is 37.8 Å². The second kappa shape index (κ2) is 7.15. The first-order valence-electron chi connectivity index (χ1n) is 6.76. The number of thiophene rings is 1. The smallest absolute Gasteiger partial charge is 0.265 e. The van der Waals surface area contributed by atoms with Crippen LogP contribution in [0.15, 0.2) is 0 Å². The summed E-state index contributed by atoms with van der Waals surface area (Å²) in [6.07, 6.45) is 2.14. The van der Waals surface area contributed by atoms with E-state index < -0.39 is 0 Å². The second-order valence-electron chi connectivity index (χ2n) is 4.77. The van der Waals surface area contributed by atoms with E-state index in [0.717, 1.165) is 30.9 Å². The average molecular weight is 294 g/mol. The van der Waals surface area contributed by atoms with E-state index in [-0.39, 0.29) is 5.91 Å². The van der Waals surface area contributed by atoms with E-state index in [1.165, 1.54) is 16.2 Å². The number of anilines is 2. The van der Waals surface area contributed by atoms with Crippen molar-refractivity contribution in [1.82, 2.24) is 4.90 Å². The molecule has 1 heterocycles. The van der Waals surface area contributed by atoms with Crippen molar-refractivity contribution in [2.45, 2.75) is 26.7 Å². The monoisotopic (exact) mass is 294 g/mol. The lowest BCUT2D eigenvalue weighted by Gasteiger charge is -2.21. The van der Waals surface area contributed by atoms with E-state index in [9.17, 15) is 10.1 Å². The summed E-state index contributed by atoms with van der Waals surface area (Å²) in [5.41, 5.74) is 6.72. The number of carbonyl (C=O) groups is 1. The standard InChI is InChI=1S/C14H22N4OS/c1-5-7-8-18(6-2)14-10(9-15)11(16)12(20-14)13(19)17(3)4/h5-8,16H2,1-4H3. The summed E-state index contributed by atoms with van der Waals surface area (Å²) in [4.78, 5) is 16.2. The van der Waals surface area contributed by atoms with Gasteiger partial charge in [-0.3, -0.25) is 4.79 Å². The maximum absolute atomic E-state index is 12.1. The molecule has 2 N–H and O–H groups in total. The Morgan fingerprint density at radius 1 is 1.40 bits per heavy atom. The van der Waals surface area contributed by atoms with Crippen LogP contribution < -0.4 is 10.6 Å². The molecule has 1 aromatic heterocycles. The molecule has 20 heavy (non-hydrogen) atoms. The van der Waals surface area contributed by atoms with Crippen molar-refractivity contribution < 1.29 is 4.79 Å². The molecule has 0 saturated carbocycles. The molecule has 0 aliphatic heterocycles. The van der Waals surface area contributed by atoms with E-state index in [4.69, 9.17) is 5.73 Å². The van der Waals surface area contributed by atoms with Crippen LogP contribution in [0.3, 0.4) is 0 Å². The predicted octanol–water partition coefficient (Wildman–Crippen LogP) is 2.53. The minimum absolute atomic E-state index is 0.151. The molecule has 1 amide bonds.